The molecular formula is C14H8N4O2. The minimum Gasteiger partial charge on any atom is -0.354 e. The van der Waals surface area contributed by atoms with Gasteiger partial charge in [-0.3, -0.25) is 10.1 Å². The summed E-state index contributed by atoms with van der Waals surface area (Å²) in [7, 11) is 0. The molecule has 0 fully saturated rings. The molecule has 0 atom stereocenters. The molecule has 6 nitrogen and oxygen atoms in total. The lowest BCUT2D eigenvalue weighted by atomic mass is 10.1. The highest BCUT2D eigenvalue weighted by molar-refractivity contribution is 5.69. The number of rotatable bonds is 3. The van der Waals surface area contributed by atoms with Crippen LogP contribution in [0.3, 0.4) is 0 Å². The molecule has 20 heavy (non-hydrogen) atoms. The van der Waals surface area contributed by atoms with Gasteiger partial charge in [0.1, 0.15) is 6.07 Å². The van der Waals surface area contributed by atoms with Crippen molar-refractivity contribution in [2.24, 2.45) is 0 Å². The predicted molar refractivity (Wildman–Crippen MR) is 72.3 cm³/mol. The van der Waals surface area contributed by atoms with Gasteiger partial charge in [0.15, 0.2) is 0 Å². The zero-order valence-corrected chi connectivity index (χ0v) is 10.2. The van der Waals surface area contributed by atoms with Gasteiger partial charge in [-0.1, -0.05) is 6.07 Å². The van der Waals surface area contributed by atoms with Gasteiger partial charge >= 0.3 is 0 Å². The lowest BCUT2D eigenvalue weighted by molar-refractivity contribution is -0.384. The van der Waals surface area contributed by atoms with Gasteiger partial charge in [0.2, 0.25) is 0 Å². The number of hydrogen-bond acceptors (Lipinski definition) is 5. The number of nitrogens with zero attached hydrogens (tertiary/aromatic N) is 3. The fourth-order valence-corrected chi connectivity index (χ4v) is 1.67. The first-order valence-electron chi connectivity index (χ1n) is 5.60. The number of non-ortho nitro benzene ring substituents is 1. The summed E-state index contributed by atoms with van der Waals surface area (Å²) >= 11 is 0. The van der Waals surface area contributed by atoms with Crippen LogP contribution in [0, 0.1) is 32.8 Å². The monoisotopic (exact) mass is 264 g/mol. The highest BCUT2D eigenvalue weighted by Gasteiger charge is 2.10. The van der Waals surface area contributed by atoms with Gasteiger partial charge in [0.05, 0.1) is 27.8 Å². The Hall–Kier alpha value is -3.38. The van der Waals surface area contributed by atoms with Crippen LogP contribution in [0.25, 0.3) is 0 Å². The summed E-state index contributed by atoms with van der Waals surface area (Å²) < 4.78 is 0. The van der Waals surface area contributed by atoms with E-state index in [2.05, 4.69) is 5.32 Å². The molecule has 1 N–H and O–H groups in total. The van der Waals surface area contributed by atoms with Crippen molar-refractivity contribution in [2.75, 3.05) is 5.32 Å². The zero-order chi connectivity index (χ0) is 14.5. The number of nitriles is 2. The lowest BCUT2D eigenvalue weighted by Crippen LogP contribution is -1.96. The summed E-state index contributed by atoms with van der Waals surface area (Å²) in [5.74, 6) is 0. The molecule has 0 radical (unpaired) electrons. The van der Waals surface area contributed by atoms with Crippen LogP contribution in [0.1, 0.15) is 11.1 Å². The lowest BCUT2D eigenvalue weighted by Gasteiger charge is -2.08. The topological polar surface area (TPSA) is 103 Å². The molecule has 0 aromatic heterocycles. The molecule has 96 valence electrons. The van der Waals surface area contributed by atoms with Crippen LogP contribution in [0.15, 0.2) is 42.5 Å². The number of benzene rings is 2. The molecule has 0 spiro atoms. The van der Waals surface area contributed by atoms with Crippen LogP contribution in [0.4, 0.5) is 17.1 Å². The van der Waals surface area contributed by atoms with Crippen molar-refractivity contribution in [3.8, 4) is 12.1 Å². The zero-order valence-electron chi connectivity index (χ0n) is 10.2. The fraction of sp³-hybridized carbons (Fsp3) is 0. The van der Waals surface area contributed by atoms with Crippen molar-refractivity contribution in [1.29, 1.82) is 10.5 Å². The van der Waals surface area contributed by atoms with Crippen LogP contribution in [0.5, 0.6) is 0 Å². The molecule has 0 aliphatic heterocycles. The van der Waals surface area contributed by atoms with E-state index in [9.17, 15) is 10.1 Å². The Labute approximate surface area is 114 Å². The molecule has 0 aliphatic carbocycles. The van der Waals surface area contributed by atoms with Gasteiger partial charge in [-0.05, 0) is 24.3 Å². The van der Waals surface area contributed by atoms with E-state index in [1.54, 1.807) is 24.3 Å². The second-order valence-electron chi connectivity index (χ2n) is 3.92. The first-order chi connectivity index (χ1) is 9.63. The Bertz CT molecular complexity index is 756. The maximum absolute atomic E-state index is 10.7. The fourth-order valence-electron chi connectivity index (χ4n) is 1.67. The van der Waals surface area contributed by atoms with Crippen LogP contribution in [-0.2, 0) is 0 Å². The van der Waals surface area contributed by atoms with Gasteiger partial charge in [0, 0.05) is 17.8 Å². The van der Waals surface area contributed by atoms with Crippen molar-refractivity contribution in [1.82, 2.24) is 0 Å². The van der Waals surface area contributed by atoms with Crippen LogP contribution in [0.2, 0.25) is 0 Å². The predicted octanol–water partition coefficient (Wildman–Crippen LogP) is 3.08. The summed E-state index contributed by atoms with van der Waals surface area (Å²) in [5, 5.41) is 31.5. The van der Waals surface area contributed by atoms with Crippen LogP contribution in [-0.4, -0.2) is 4.92 Å². The van der Waals surface area contributed by atoms with Gasteiger partial charge in [-0.2, -0.15) is 10.5 Å². The van der Waals surface area contributed by atoms with Crippen molar-refractivity contribution in [3.63, 3.8) is 0 Å². The molecule has 2 aromatic rings. The minimum atomic E-state index is -0.555. The third kappa shape index (κ3) is 2.71. The number of nitrogens with one attached hydrogen (secondary N) is 1. The van der Waals surface area contributed by atoms with E-state index in [1.807, 2.05) is 12.1 Å². The summed E-state index contributed by atoms with van der Waals surface area (Å²) in [6, 6.07) is 14.6. The van der Waals surface area contributed by atoms with E-state index < -0.39 is 4.92 Å². The summed E-state index contributed by atoms with van der Waals surface area (Å²) in [5.41, 5.74) is 1.59. The second kappa shape index (κ2) is 5.51. The van der Waals surface area contributed by atoms with Crippen molar-refractivity contribution < 1.29 is 4.92 Å². The molecule has 0 saturated carbocycles. The van der Waals surface area contributed by atoms with E-state index >= 15 is 0 Å². The first-order valence-corrected chi connectivity index (χ1v) is 5.60. The molecule has 0 amide bonds. The first kappa shape index (κ1) is 13.1. The maximum atomic E-state index is 10.7. The average molecular weight is 264 g/mol. The normalized spacial score (nSPS) is 9.30. The second-order valence-corrected chi connectivity index (χ2v) is 3.92. The van der Waals surface area contributed by atoms with Crippen LogP contribution >= 0.6 is 0 Å². The van der Waals surface area contributed by atoms with E-state index in [0.29, 0.717) is 16.9 Å². The van der Waals surface area contributed by atoms with Gasteiger partial charge in [-0.15, -0.1) is 0 Å². The number of hydrogen-bond donors (Lipinski definition) is 1. The Balaban J connectivity index is 2.36. The van der Waals surface area contributed by atoms with Gasteiger partial charge in [-0.25, -0.2) is 0 Å². The highest BCUT2D eigenvalue weighted by atomic mass is 16.6. The number of anilines is 2. The molecule has 2 aromatic carbocycles. The summed E-state index contributed by atoms with van der Waals surface area (Å²) in [6.07, 6.45) is 0. The third-order valence-corrected chi connectivity index (χ3v) is 2.61. The molecule has 0 unspecified atom stereocenters. The number of nitro benzene ring substituents is 1. The van der Waals surface area contributed by atoms with Crippen molar-refractivity contribution in [2.45, 2.75) is 0 Å². The van der Waals surface area contributed by atoms with Gasteiger partial charge < -0.3 is 5.32 Å². The van der Waals surface area contributed by atoms with Crippen molar-refractivity contribution >= 4 is 17.1 Å². The number of nitro groups is 1. The van der Waals surface area contributed by atoms with Gasteiger partial charge in [0.25, 0.3) is 5.69 Å². The van der Waals surface area contributed by atoms with Crippen LogP contribution < -0.4 is 5.32 Å². The molecular weight excluding hydrogens is 256 g/mol. The van der Waals surface area contributed by atoms with E-state index in [-0.39, 0.29) is 11.3 Å². The van der Waals surface area contributed by atoms with E-state index in [1.165, 1.54) is 18.2 Å². The molecule has 0 saturated heterocycles. The molecule has 0 bridgehead atoms. The molecule has 6 heteroatoms. The maximum Gasteiger partial charge on any atom is 0.270 e. The Kier molecular flexibility index (Phi) is 3.60. The minimum absolute atomic E-state index is 0.141. The third-order valence-electron chi connectivity index (χ3n) is 2.61. The van der Waals surface area contributed by atoms with E-state index in [0.717, 1.165) is 0 Å². The Morgan fingerprint density at radius 2 is 1.90 bits per heavy atom. The summed E-state index contributed by atoms with van der Waals surface area (Å²) in [4.78, 5) is 10.1. The van der Waals surface area contributed by atoms with Crippen molar-refractivity contribution in [3.05, 3.63) is 63.7 Å². The largest absolute Gasteiger partial charge is 0.354 e. The smallest absolute Gasteiger partial charge is 0.270 e. The molecule has 2 rings (SSSR count). The standard InChI is InChI=1S/C14H8N4O2/c15-8-10-2-1-3-12(6-10)17-14-5-4-13(18(19)20)7-11(14)9-16/h1-7,17H. The Morgan fingerprint density at radius 3 is 2.55 bits per heavy atom. The molecule has 0 aliphatic rings. The average Bonchev–Trinajstić information content (AvgIpc) is 2.47. The molecule has 0 heterocycles. The highest BCUT2D eigenvalue weighted by Crippen LogP contribution is 2.25. The summed E-state index contributed by atoms with van der Waals surface area (Å²) in [6.45, 7) is 0. The van der Waals surface area contributed by atoms with E-state index in [4.69, 9.17) is 10.5 Å². The quantitative estimate of drug-likeness (QED) is 0.677. The Morgan fingerprint density at radius 1 is 1.10 bits per heavy atom. The SMILES string of the molecule is N#Cc1cccc(Nc2ccc([N+](=O)[O-])cc2C#N)c1.